The molecule has 0 saturated heterocycles. The van der Waals surface area contributed by atoms with E-state index in [9.17, 15) is 9.59 Å². The molecule has 1 aliphatic carbocycles. The zero-order valence-corrected chi connectivity index (χ0v) is 10.9. The van der Waals surface area contributed by atoms with Crippen LogP contribution in [0.2, 0.25) is 0 Å². The lowest BCUT2D eigenvalue weighted by atomic mass is 10.0. The van der Waals surface area contributed by atoms with Gasteiger partial charge in [0.25, 0.3) is 0 Å². The Morgan fingerprint density at radius 1 is 1.32 bits per heavy atom. The van der Waals surface area contributed by atoms with Gasteiger partial charge in [-0.1, -0.05) is 0 Å². The van der Waals surface area contributed by atoms with Crippen molar-refractivity contribution in [2.45, 2.75) is 32.2 Å². The van der Waals surface area contributed by atoms with Gasteiger partial charge in [0.05, 0.1) is 12.0 Å². The summed E-state index contributed by atoms with van der Waals surface area (Å²) < 4.78 is 0. The van der Waals surface area contributed by atoms with Gasteiger partial charge in [0.2, 0.25) is 5.91 Å². The fourth-order valence-electron chi connectivity index (χ4n) is 2.51. The fraction of sp³-hybridized carbons (Fsp3) is 0.500. The summed E-state index contributed by atoms with van der Waals surface area (Å²) in [6, 6.07) is 3.64. The Kier molecular flexibility index (Phi) is 4.14. The van der Waals surface area contributed by atoms with E-state index < -0.39 is 5.97 Å². The molecule has 19 heavy (non-hydrogen) atoms. The minimum atomic E-state index is -0.794. The molecular formula is C14H18N2O3. The van der Waals surface area contributed by atoms with Crippen molar-refractivity contribution in [2.75, 3.05) is 0 Å². The summed E-state index contributed by atoms with van der Waals surface area (Å²) in [6.07, 6.45) is 5.08. The van der Waals surface area contributed by atoms with Gasteiger partial charge in [-0.05, 0) is 43.9 Å². The number of pyridine rings is 1. The summed E-state index contributed by atoms with van der Waals surface area (Å²) in [5, 5.41) is 11.9. The van der Waals surface area contributed by atoms with Gasteiger partial charge >= 0.3 is 5.97 Å². The Hall–Kier alpha value is -1.91. The maximum absolute atomic E-state index is 12.1. The molecule has 1 aromatic rings. The van der Waals surface area contributed by atoms with Gasteiger partial charge in [-0.25, -0.2) is 0 Å². The van der Waals surface area contributed by atoms with Gasteiger partial charge in [-0.2, -0.15) is 0 Å². The number of carboxylic acid groups (broad SMARTS) is 1. The van der Waals surface area contributed by atoms with Crippen LogP contribution in [-0.2, 0) is 9.59 Å². The number of hydrogen-bond acceptors (Lipinski definition) is 3. The maximum Gasteiger partial charge on any atom is 0.306 e. The molecule has 0 aromatic carbocycles. The van der Waals surface area contributed by atoms with E-state index in [1.807, 2.05) is 19.1 Å². The number of aromatic nitrogens is 1. The first-order chi connectivity index (χ1) is 9.08. The Morgan fingerprint density at radius 2 is 1.95 bits per heavy atom. The molecule has 2 rings (SSSR count). The van der Waals surface area contributed by atoms with Gasteiger partial charge in [0.15, 0.2) is 0 Å². The summed E-state index contributed by atoms with van der Waals surface area (Å²) in [7, 11) is 0. The summed E-state index contributed by atoms with van der Waals surface area (Å²) in [6.45, 7) is 1.91. The predicted molar refractivity (Wildman–Crippen MR) is 69.3 cm³/mol. The number of carbonyl (C=O) groups excluding carboxylic acids is 1. The van der Waals surface area contributed by atoms with Crippen molar-refractivity contribution in [3.05, 3.63) is 30.1 Å². The van der Waals surface area contributed by atoms with Crippen molar-refractivity contribution >= 4 is 11.9 Å². The Bertz CT molecular complexity index is 461. The number of aliphatic carboxylic acids is 1. The van der Waals surface area contributed by atoms with Gasteiger partial charge in [-0.3, -0.25) is 14.6 Å². The van der Waals surface area contributed by atoms with Crippen molar-refractivity contribution in [2.24, 2.45) is 11.8 Å². The van der Waals surface area contributed by atoms with Crippen LogP contribution in [0.3, 0.4) is 0 Å². The number of rotatable bonds is 4. The summed E-state index contributed by atoms with van der Waals surface area (Å²) >= 11 is 0. The van der Waals surface area contributed by atoms with E-state index in [2.05, 4.69) is 10.3 Å². The van der Waals surface area contributed by atoms with Crippen LogP contribution in [0.1, 0.15) is 37.8 Å². The molecule has 1 aliphatic rings. The third kappa shape index (κ3) is 3.30. The molecule has 1 aromatic heterocycles. The van der Waals surface area contributed by atoms with Gasteiger partial charge in [0, 0.05) is 18.3 Å². The molecule has 0 spiro atoms. The smallest absolute Gasteiger partial charge is 0.306 e. The molecule has 1 saturated carbocycles. The average Bonchev–Trinajstić information content (AvgIpc) is 2.89. The molecular weight excluding hydrogens is 244 g/mol. The zero-order chi connectivity index (χ0) is 13.8. The minimum absolute atomic E-state index is 0.0481. The molecule has 0 radical (unpaired) electrons. The van der Waals surface area contributed by atoms with Crippen molar-refractivity contribution in [1.29, 1.82) is 0 Å². The summed E-state index contributed by atoms with van der Waals surface area (Å²) in [5.74, 6) is -1.39. The number of hydrogen-bond donors (Lipinski definition) is 2. The van der Waals surface area contributed by atoms with Gasteiger partial charge in [0.1, 0.15) is 0 Å². The minimum Gasteiger partial charge on any atom is -0.481 e. The van der Waals surface area contributed by atoms with Crippen molar-refractivity contribution < 1.29 is 14.7 Å². The number of nitrogens with one attached hydrogen (secondary N) is 1. The molecule has 1 fully saturated rings. The first kappa shape index (κ1) is 13.5. The van der Waals surface area contributed by atoms with Crippen LogP contribution in [0.25, 0.3) is 0 Å². The van der Waals surface area contributed by atoms with Crippen LogP contribution < -0.4 is 5.32 Å². The average molecular weight is 262 g/mol. The Labute approximate surface area is 112 Å². The lowest BCUT2D eigenvalue weighted by Crippen LogP contribution is -2.32. The predicted octanol–water partition coefficient (Wildman–Crippen LogP) is 1.76. The highest BCUT2D eigenvalue weighted by atomic mass is 16.4. The highest BCUT2D eigenvalue weighted by molar-refractivity contribution is 5.81. The van der Waals surface area contributed by atoms with E-state index >= 15 is 0 Å². The molecule has 2 N–H and O–H groups in total. The van der Waals surface area contributed by atoms with Gasteiger partial charge < -0.3 is 10.4 Å². The number of carboxylic acids is 1. The van der Waals surface area contributed by atoms with E-state index in [4.69, 9.17) is 5.11 Å². The maximum atomic E-state index is 12.1. The Morgan fingerprint density at radius 3 is 2.53 bits per heavy atom. The molecule has 0 bridgehead atoms. The van der Waals surface area contributed by atoms with E-state index in [0.717, 1.165) is 5.56 Å². The molecule has 1 heterocycles. The van der Waals surface area contributed by atoms with Crippen LogP contribution in [0.5, 0.6) is 0 Å². The fourth-order valence-corrected chi connectivity index (χ4v) is 2.51. The molecule has 5 nitrogen and oxygen atoms in total. The topological polar surface area (TPSA) is 79.3 Å². The monoisotopic (exact) mass is 262 g/mol. The summed E-state index contributed by atoms with van der Waals surface area (Å²) in [4.78, 5) is 26.9. The second-order valence-electron chi connectivity index (χ2n) is 5.06. The van der Waals surface area contributed by atoms with E-state index in [1.165, 1.54) is 0 Å². The zero-order valence-electron chi connectivity index (χ0n) is 10.9. The first-order valence-electron chi connectivity index (χ1n) is 6.51. The third-order valence-corrected chi connectivity index (χ3v) is 3.72. The highest BCUT2D eigenvalue weighted by Crippen LogP contribution is 2.31. The standard InChI is InChI=1S/C14H18N2O3/c1-9(10-4-6-15-7-5-10)16-13(17)11-2-3-12(8-11)14(18)19/h4-7,9,11-12H,2-3,8H2,1H3,(H,16,17)(H,18,19)/t9-,11-,12+/m1/s1. The molecule has 0 unspecified atom stereocenters. The van der Waals surface area contributed by atoms with Crippen molar-refractivity contribution in [3.8, 4) is 0 Å². The normalized spacial score (nSPS) is 23.8. The molecule has 5 heteroatoms. The van der Waals surface area contributed by atoms with Crippen LogP contribution in [0.4, 0.5) is 0 Å². The van der Waals surface area contributed by atoms with E-state index in [1.54, 1.807) is 12.4 Å². The van der Waals surface area contributed by atoms with Crippen LogP contribution in [-0.4, -0.2) is 22.0 Å². The van der Waals surface area contributed by atoms with E-state index in [0.29, 0.717) is 19.3 Å². The van der Waals surface area contributed by atoms with Crippen LogP contribution >= 0.6 is 0 Å². The molecule has 3 atom stereocenters. The quantitative estimate of drug-likeness (QED) is 0.866. The molecule has 102 valence electrons. The lowest BCUT2D eigenvalue weighted by Gasteiger charge is -2.17. The van der Waals surface area contributed by atoms with Crippen LogP contribution in [0, 0.1) is 11.8 Å². The third-order valence-electron chi connectivity index (χ3n) is 3.72. The Balaban J connectivity index is 1.90. The summed E-state index contributed by atoms with van der Waals surface area (Å²) in [5.41, 5.74) is 0.996. The molecule has 1 amide bonds. The number of amides is 1. The SMILES string of the molecule is C[C@@H](NC(=O)[C@@H]1CC[C@H](C(=O)O)C1)c1ccncc1. The largest absolute Gasteiger partial charge is 0.481 e. The van der Waals surface area contributed by atoms with Crippen molar-refractivity contribution in [1.82, 2.24) is 10.3 Å². The second-order valence-corrected chi connectivity index (χ2v) is 5.06. The van der Waals surface area contributed by atoms with Crippen molar-refractivity contribution in [3.63, 3.8) is 0 Å². The number of nitrogens with zero attached hydrogens (tertiary/aromatic N) is 1. The van der Waals surface area contributed by atoms with Crippen LogP contribution in [0.15, 0.2) is 24.5 Å². The second kappa shape index (κ2) is 5.82. The number of carbonyl (C=O) groups is 2. The van der Waals surface area contributed by atoms with Gasteiger partial charge in [-0.15, -0.1) is 0 Å². The lowest BCUT2D eigenvalue weighted by molar-refractivity contribution is -0.141. The molecule has 0 aliphatic heterocycles. The first-order valence-corrected chi connectivity index (χ1v) is 6.51. The van der Waals surface area contributed by atoms with E-state index in [-0.39, 0.29) is 23.8 Å². The highest BCUT2D eigenvalue weighted by Gasteiger charge is 2.34.